The number of carbonyl (C=O) groups is 1. The van der Waals surface area contributed by atoms with Crippen molar-refractivity contribution in [1.82, 2.24) is 5.32 Å². The molecule has 2 aliphatic heterocycles. The molecule has 0 saturated carbocycles. The van der Waals surface area contributed by atoms with Crippen LogP contribution in [0, 0.1) is 0 Å². The van der Waals surface area contributed by atoms with Gasteiger partial charge in [-0.05, 0) is 37.3 Å². The van der Waals surface area contributed by atoms with Crippen LogP contribution >= 0.6 is 11.6 Å². The molecule has 2 fully saturated rings. The monoisotopic (exact) mass is 323 g/mol. The van der Waals surface area contributed by atoms with E-state index in [2.05, 4.69) is 5.32 Å². The minimum absolute atomic E-state index is 0.00650. The highest BCUT2D eigenvalue weighted by atomic mass is 35.5. The van der Waals surface area contributed by atoms with Gasteiger partial charge in [-0.25, -0.2) is 0 Å². The van der Waals surface area contributed by atoms with Gasteiger partial charge in [0.25, 0.3) is 0 Å². The van der Waals surface area contributed by atoms with Crippen molar-refractivity contribution in [2.45, 2.75) is 50.4 Å². The Kier molecular flexibility index (Phi) is 4.71. The molecule has 0 bridgehead atoms. The van der Waals surface area contributed by atoms with E-state index in [1.807, 2.05) is 24.3 Å². The van der Waals surface area contributed by atoms with Crippen molar-refractivity contribution >= 4 is 17.5 Å². The Morgan fingerprint density at radius 2 is 2.05 bits per heavy atom. The normalized spacial score (nSPS) is 27.5. The largest absolute Gasteiger partial charge is 0.381 e. The van der Waals surface area contributed by atoms with Crippen LogP contribution in [0.25, 0.3) is 0 Å². The molecule has 2 atom stereocenters. The van der Waals surface area contributed by atoms with Crippen LogP contribution in [0.4, 0.5) is 0 Å². The van der Waals surface area contributed by atoms with Crippen molar-refractivity contribution in [3.8, 4) is 0 Å². The van der Waals surface area contributed by atoms with Gasteiger partial charge in [0.1, 0.15) is 0 Å². The smallest absolute Gasteiger partial charge is 0.217 e. The Hall–Kier alpha value is -1.10. The molecule has 120 valence electrons. The van der Waals surface area contributed by atoms with Crippen molar-refractivity contribution in [3.05, 3.63) is 34.9 Å². The molecule has 1 amide bonds. The summed E-state index contributed by atoms with van der Waals surface area (Å²) in [4.78, 5) is 11.5. The van der Waals surface area contributed by atoms with E-state index in [1.165, 1.54) is 0 Å². The third kappa shape index (κ3) is 3.45. The van der Waals surface area contributed by atoms with E-state index >= 15 is 0 Å². The molecule has 4 nitrogen and oxygen atoms in total. The third-order valence-electron chi connectivity index (χ3n) is 4.57. The minimum atomic E-state index is -0.215. The Balaban J connectivity index is 1.86. The second-order valence-electron chi connectivity index (χ2n) is 6.26. The van der Waals surface area contributed by atoms with Gasteiger partial charge in [-0.3, -0.25) is 4.79 Å². The number of rotatable bonds is 2. The SMILES string of the molecule is CC(=O)N[C@@H]1C[C@H](c2ccccc2Cl)OC2(CCOCC2)C1. The highest BCUT2D eigenvalue weighted by molar-refractivity contribution is 6.31. The molecule has 0 aliphatic carbocycles. The maximum Gasteiger partial charge on any atom is 0.217 e. The van der Waals surface area contributed by atoms with Crippen molar-refractivity contribution in [2.75, 3.05) is 13.2 Å². The molecule has 2 heterocycles. The summed E-state index contributed by atoms with van der Waals surface area (Å²) in [5, 5.41) is 3.79. The first-order chi connectivity index (χ1) is 10.6. The lowest BCUT2D eigenvalue weighted by Crippen LogP contribution is -2.51. The zero-order valence-electron chi connectivity index (χ0n) is 12.8. The third-order valence-corrected chi connectivity index (χ3v) is 4.92. The molecule has 1 spiro atoms. The highest BCUT2D eigenvalue weighted by Gasteiger charge is 2.43. The summed E-state index contributed by atoms with van der Waals surface area (Å²) in [7, 11) is 0. The molecule has 0 aromatic heterocycles. The maximum atomic E-state index is 11.5. The summed E-state index contributed by atoms with van der Waals surface area (Å²) in [6.07, 6.45) is 3.24. The van der Waals surface area contributed by atoms with Gasteiger partial charge in [-0.1, -0.05) is 29.8 Å². The van der Waals surface area contributed by atoms with Crippen molar-refractivity contribution < 1.29 is 14.3 Å². The fraction of sp³-hybridized carbons (Fsp3) is 0.588. The van der Waals surface area contributed by atoms with E-state index in [1.54, 1.807) is 6.92 Å². The van der Waals surface area contributed by atoms with E-state index in [0.717, 1.165) is 36.3 Å². The van der Waals surface area contributed by atoms with Crippen LogP contribution in [0.15, 0.2) is 24.3 Å². The predicted molar refractivity (Wildman–Crippen MR) is 84.9 cm³/mol. The average Bonchev–Trinajstić information content (AvgIpc) is 2.47. The molecule has 0 radical (unpaired) electrons. The summed E-state index contributed by atoms with van der Waals surface area (Å²) < 4.78 is 12.0. The summed E-state index contributed by atoms with van der Waals surface area (Å²) in [5.74, 6) is 0.00650. The Morgan fingerprint density at radius 1 is 1.32 bits per heavy atom. The van der Waals surface area contributed by atoms with Gasteiger partial charge in [-0.15, -0.1) is 0 Å². The number of amides is 1. The van der Waals surface area contributed by atoms with Crippen LogP contribution in [-0.4, -0.2) is 30.8 Å². The minimum Gasteiger partial charge on any atom is -0.381 e. The molecule has 1 aromatic rings. The molecule has 1 N–H and O–H groups in total. The number of halogens is 1. The van der Waals surface area contributed by atoms with Gasteiger partial charge in [0.05, 0.1) is 11.7 Å². The second-order valence-corrected chi connectivity index (χ2v) is 6.67. The number of carbonyl (C=O) groups excluding carboxylic acids is 1. The number of benzene rings is 1. The fourth-order valence-corrected chi connectivity index (χ4v) is 3.84. The first-order valence-electron chi connectivity index (χ1n) is 7.85. The average molecular weight is 324 g/mol. The van der Waals surface area contributed by atoms with Crippen LogP contribution in [0.5, 0.6) is 0 Å². The molecular weight excluding hydrogens is 302 g/mol. The van der Waals surface area contributed by atoms with E-state index in [4.69, 9.17) is 21.1 Å². The van der Waals surface area contributed by atoms with Crippen molar-refractivity contribution in [2.24, 2.45) is 0 Å². The number of hydrogen-bond acceptors (Lipinski definition) is 3. The molecule has 1 aromatic carbocycles. The topological polar surface area (TPSA) is 47.6 Å². The van der Waals surface area contributed by atoms with Gasteiger partial charge in [-0.2, -0.15) is 0 Å². The van der Waals surface area contributed by atoms with E-state index < -0.39 is 0 Å². The Bertz CT molecular complexity index is 542. The van der Waals surface area contributed by atoms with E-state index in [9.17, 15) is 4.79 Å². The van der Waals surface area contributed by atoms with Crippen molar-refractivity contribution in [3.63, 3.8) is 0 Å². The van der Waals surface area contributed by atoms with Crippen LogP contribution in [-0.2, 0) is 14.3 Å². The maximum absolute atomic E-state index is 11.5. The summed E-state index contributed by atoms with van der Waals surface area (Å²) >= 11 is 6.35. The van der Waals surface area contributed by atoms with E-state index in [0.29, 0.717) is 13.2 Å². The molecule has 3 rings (SSSR count). The number of nitrogens with one attached hydrogen (secondary N) is 1. The quantitative estimate of drug-likeness (QED) is 0.909. The van der Waals surface area contributed by atoms with Gasteiger partial charge >= 0.3 is 0 Å². The van der Waals surface area contributed by atoms with Gasteiger partial charge in [0, 0.05) is 31.2 Å². The molecule has 2 saturated heterocycles. The molecule has 0 unspecified atom stereocenters. The van der Waals surface area contributed by atoms with Crippen LogP contribution < -0.4 is 5.32 Å². The zero-order chi connectivity index (χ0) is 15.6. The zero-order valence-corrected chi connectivity index (χ0v) is 13.6. The summed E-state index contributed by atoms with van der Waals surface area (Å²) in [5.41, 5.74) is 0.790. The number of hydrogen-bond donors (Lipinski definition) is 1. The Labute approximate surface area is 136 Å². The first-order valence-corrected chi connectivity index (χ1v) is 8.23. The lowest BCUT2D eigenvalue weighted by molar-refractivity contribution is -0.178. The van der Waals surface area contributed by atoms with Gasteiger partial charge in [0.2, 0.25) is 5.91 Å². The Morgan fingerprint density at radius 3 is 2.73 bits per heavy atom. The van der Waals surface area contributed by atoms with Crippen molar-refractivity contribution in [1.29, 1.82) is 0 Å². The lowest BCUT2D eigenvalue weighted by Gasteiger charge is -2.47. The molecule has 2 aliphatic rings. The second kappa shape index (κ2) is 6.57. The standard InChI is InChI=1S/C17H22ClNO3/c1-12(20)19-13-10-16(14-4-2-3-5-15(14)18)22-17(11-13)6-8-21-9-7-17/h2-5,13,16H,6-11H2,1H3,(H,19,20)/t13-,16-/m1/s1. The van der Waals surface area contributed by atoms with Crippen LogP contribution in [0.1, 0.15) is 44.3 Å². The first kappa shape index (κ1) is 15.8. The van der Waals surface area contributed by atoms with Gasteiger partial charge < -0.3 is 14.8 Å². The molecular formula is C17H22ClNO3. The summed E-state index contributed by atoms with van der Waals surface area (Å²) in [6.45, 7) is 2.99. The summed E-state index contributed by atoms with van der Waals surface area (Å²) in [6, 6.07) is 7.91. The lowest BCUT2D eigenvalue weighted by atomic mass is 9.81. The van der Waals surface area contributed by atoms with Gasteiger partial charge in [0.15, 0.2) is 0 Å². The predicted octanol–water partition coefficient (Wildman–Crippen LogP) is 3.25. The number of ether oxygens (including phenoxy) is 2. The van der Waals surface area contributed by atoms with E-state index in [-0.39, 0.29) is 23.7 Å². The van der Waals surface area contributed by atoms with Crippen LogP contribution in [0.3, 0.4) is 0 Å². The molecule has 22 heavy (non-hydrogen) atoms. The van der Waals surface area contributed by atoms with Crippen LogP contribution in [0.2, 0.25) is 5.02 Å². The molecule has 5 heteroatoms. The fourth-order valence-electron chi connectivity index (χ4n) is 3.58. The highest BCUT2D eigenvalue weighted by Crippen LogP contribution is 2.43.